The Labute approximate surface area is 217 Å². The van der Waals surface area contributed by atoms with Crippen LogP contribution in [0.1, 0.15) is 23.5 Å². The summed E-state index contributed by atoms with van der Waals surface area (Å²) in [5, 5.41) is 13.9. The molecule has 0 saturated heterocycles. The van der Waals surface area contributed by atoms with E-state index >= 15 is 0 Å². The number of nitrogens with one attached hydrogen (secondary N) is 2. The molecule has 2 atom stereocenters. The quantitative estimate of drug-likeness (QED) is 0.264. The van der Waals surface area contributed by atoms with Gasteiger partial charge in [0, 0.05) is 40.4 Å². The van der Waals surface area contributed by atoms with E-state index in [4.69, 9.17) is 11.6 Å². The zero-order chi connectivity index (χ0) is 25.3. The van der Waals surface area contributed by atoms with Crippen LogP contribution in [0.25, 0.3) is 10.4 Å². The number of carbonyl (C=O) groups is 1. The molecule has 1 saturated carbocycles. The number of benzene rings is 2. The number of aliphatic carboxylic acids is 1. The van der Waals surface area contributed by atoms with Crippen molar-refractivity contribution in [1.29, 1.82) is 0 Å². The first-order valence-electron chi connectivity index (χ1n) is 11.1. The Morgan fingerprint density at radius 2 is 1.92 bits per heavy atom. The van der Waals surface area contributed by atoms with Gasteiger partial charge in [0.05, 0.1) is 0 Å². The first-order chi connectivity index (χ1) is 17.3. The lowest BCUT2D eigenvalue weighted by Crippen LogP contribution is -2.44. The fraction of sp³-hybridized carbons (Fsp3) is 0.154. The number of hydrogen-bond acceptors (Lipinski definition) is 6. The van der Waals surface area contributed by atoms with Gasteiger partial charge in [-0.1, -0.05) is 41.9 Å². The summed E-state index contributed by atoms with van der Waals surface area (Å²) in [6.45, 7) is 0.562. The summed E-state index contributed by atoms with van der Waals surface area (Å²) in [7, 11) is -4.05. The molecular weight excluding hydrogens is 518 g/mol. The lowest BCUT2D eigenvalue weighted by Gasteiger charge is -2.15. The van der Waals surface area contributed by atoms with Gasteiger partial charge in [0.1, 0.15) is 9.75 Å². The van der Waals surface area contributed by atoms with Crippen LogP contribution < -0.4 is 10.0 Å². The number of aromatic nitrogens is 1. The van der Waals surface area contributed by atoms with E-state index in [9.17, 15) is 18.3 Å². The highest BCUT2D eigenvalue weighted by atomic mass is 35.5. The highest BCUT2D eigenvalue weighted by Crippen LogP contribution is 2.53. The zero-order valence-corrected chi connectivity index (χ0v) is 21.3. The van der Waals surface area contributed by atoms with Crippen molar-refractivity contribution in [3.8, 4) is 10.4 Å². The summed E-state index contributed by atoms with van der Waals surface area (Å²) in [4.78, 5) is 17.1. The molecule has 4 aromatic rings. The highest BCUT2D eigenvalue weighted by Gasteiger charge is 2.63. The van der Waals surface area contributed by atoms with Crippen LogP contribution >= 0.6 is 22.9 Å². The second kappa shape index (κ2) is 9.67. The molecule has 3 N–H and O–H groups in total. The van der Waals surface area contributed by atoms with Gasteiger partial charge in [-0.15, -0.1) is 11.3 Å². The van der Waals surface area contributed by atoms with Crippen LogP contribution in [0.3, 0.4) is 0 Å². The van der Waals surface area contributed by atoms with Crippen LogP contribution in [0.4, 0.5) is 5.69 Å². The fourth-order valence-corrected chi connectivity index (χ4v) is 7.00. The Kier molecular flexibility index (Phi) is 6.57. The lowest BCUT2D eigenvalue weighted by atomic mass is 10.1. The molecule has 1 fully saturated rings. The number of hydrogen-bond donors (Lipinski definition) is 3. The van der Waals surface area contributed by atoms with E-state index in [1.165, 1.54) is 6.07 Å². The molecule has 2 aromatic heterocycles. The van der Waals surface area contributed by atoms with Crippen molar-refractivity contribution in [3.05, 3.63) is 101 Å². The van der Waals surface area contributed by atoms with Gasteiger partial charge in [-0.3, -0.25) is 9.78 Å². The molecule has 2 heterocycles. The van der Waals surface area contributed by atoms with E-state index in [-0.39, 0.29) is 10.6 Å². The largest absolute Gasteiger partial charge is 0.480 e. The summed E-state index contributed by atoms with van der Waals surface area (Å²) >= 11 is 7.02. The third kappa shape index (κ3) is 5.01. The molecule has 5 rings (SSSR count). The first-order valence-corrected chi connectivity index (χ1v) is 13.8. The Bertz CT molecular complexity index is 1510. The molecule has 0 radical (unpaired) electrons. The summed E-state index contributed by atoms with van der Waals surface area (Å²) in [6, 6.07) is 21.5. The second-order valence-electron chi connectivity index (χ2n) is 8.60. The standard InChI is InChI=1S/C26H22ClN3O4S2/c27-20-8-6-18(7-9-20)23-10-11-24(35-23)36(33,34)30-26(25(31)32)14-22(26)19-4-1-5-21(13-19)29-16-17-3-2-12-28-15-17/h1-13,15,22,29-30H,14,16H2,(H,31,32)/t22-,26+/m0/s1. The van der Waals surface area contributed by atoms with Crippen molar-refractivity contribution < 1.29 is 18.3 Å². The van der Waals surface area contributed by atoms with Crippen molar-refractivity contribution in [2.75, 3.05) is 5.32 Å². The van der Waals surface area contributed by atoms with Crippen LogP contribution in [0.15, 0.2) is 89.4 Å². The number of nitrogens with zero attached hydrogens (tertiary/aromatic N) is 1. The molecule has 1 aliphatic carbocycles. The molecule has 0 unspecified atom stereocenters. The molecule has 1 aliphatic rings. The number of carboxylic acids is 1. The van der Waals surface area contributed by atoms with Gasteiger partial charge in [0.25, 0.3) is 10.0 Å². The van der Waals surface area contributed by atoms with Gasteiger partial charge in [0.2, 0.25) is 0 Å². The van der Waals surface area contributed by atoms with E-state index in [2.05, 4.69) is 15.0 Å². The van der Waals surface area contributed by atoms with Gasteiger partial charge < -0.3 is 10.4 Å². The number of halogens is 1. The maximum atomic E-state index is 13.2. The highest BCUT2D eigenvalue weighted by molar-refractivity contribution is 7.91. The van der Waals surface area contributed by atoms with Crippen molar-refractivity contribution in [3.63, 3.8) is 0 Å². The lowest BCUT2D eigenvalue weighted by molar-refractivity contribution is -0.140. The summed E-state index contributed by atoms with van der Waals surface area (Å²) in [5.41, 5.74) is 1.82. The molecule has 7 nitrogen and oxygen atoms in total. The van der Waals surface area contributed by atoms with Crippen molar-refractivity contribution in [2.45, 2.75) is 28.6 Å². The molecule has 10 heteroatoms. The normalized spacial score (nSPS) is 19.1. The van der Waals surface area contributed by atoms with Gasteiger partial charge in [-0.05, 0) is 65.6 Å². The average Bonchev–Trinajstić information content (AvgIpc) is 3.37. The Morgan fingerprint density at radius 3 is 2.64 bits per heavy atom. The maximum Gasteiger partial charge on any atom is 0.325 e. The van der Waals surface area contributed by atoms with E-state index < -0.39 is 27.4 Å². The van der Waals surface area contributed by atoms with Gasteiger partial charge >= 0.3 is 5.97 Å². The maximum absolute atomic E-state index is 13.2. The summed E-state index contributed by atoms with van der Waals surface area (Å²) < 4.78 is 28.9. The van der Waals surface area contributed by atoms with Crippen LogP contribution in [-0.4, -0.2) is 30.0 Å². The molecule has 0 spiro atoms. The van der Waals surface area contributed by atoms with E-state index in [1.807, 2.05) is 48.5 Å². The van der Waals surface area contributed by atoms with Gasteiger partial charge in [0.15, 0.2) is 0 Å². The molecule has 36 heavy (non-hydrogen) atoms. The average molecular weight is 540 g/mol. The monoisotopic (exact) mass is 539 g/mol. The van der Waals surface area contributed by atoms with Crippen LogP contribution in [0.5, 0.6) is 0 Å². The summed E-state index contributed by atoms with van der Waals surface area (Å²) in [5.74, 6) is -1.68. The number of pyridine rings is 1. The molecule has 0 aliphatic heterocycles. The SMILES string of the molecule is O=C(O)[C@@]1(NS(=O)(=O)c2ccc(-c3ccc(Cl)cc3)s2)C[C@H]1c1cccc(NCc2cccnc2)c1. The molecule has 0 amide bonds. The Hall–Kier alpha value is -3.24. The number of sulfonamides is 1. The number of rotatable bonds is 9. The Morgan fingerprint density at radius 1 is 1.11 bits per heavy atom. The predicted octanol–water partition coefficient (Wildman–Crippen LogP) is 5.36. The van der Waals surface area contributed by atoms with Crippen LogP contribution in [0, 0.1) is 0 Å². The van der Waals surface area contributed by atoms with Crippen LogP contribution in [-0.2, 0) is 21.4 Å². The third-order valence-corrected chi connectivity index (χ3v) is 9.53. The summed E-state index contributed by atoms with van der Waals surface area (Å²) in [6.07, 6.45) is 3.65. The first kappa shape index (κ1) is 24.5. The number of thiophene rings is 1. The van der Waals surface area contributed by atoms with E-state index in [0.29, 0.717) is 11.6 Å². The topological polar surface area (TPSA) is 108 Å². The zero-order valence-electron chi connectivity index (χ0n) is 18.9. The van der Waals surface area contributed by atoms with E-state index in [0.717, 1.165) is 38.6 Å². The van der Waals surface area contributed by atoms with Crippen molar-refractivity contribution in [2.24, 2.45) is 0 Å². The second-order valence-corrected chi connectivity index (χ2v) is 12.0. The molecule has 2 aromatic carbocycles. The van der Waals surface area contributed by atoms with Crippen molar-refractivity contribution >= 4 is 44.6 Å². The number of carboxylic acid groups (broad SMARTS) is 1. The minimum absolute atomic E-state index is 0.0608. The van der Waals surface area contributed by atoms with Crippen molar-refractivity contribution in [1.82, 2.24) is 9.71 Å². The predicted molar refractivity (Wildman–Crippen MR) is 141 cm³/mol. The molecular formula is C26H22ClN3O4S2. The number of anilines is 1. The Balaban J connectivity index is 1.33. The van der Waals surface area contributed by atoms with Gasteiger partial charge in [-0.2, -0.15) is 4.72 Å². The van der Waals surface area contributed by atoms with E-state index in [1.54, 1.807) is 30.6 Å². The molecule has 184 valence electrons. The third-order valence-electron chi connectivity index (χ3n) is 6.14. The van der Waals surface area contributed by atoms with Gasteiger partial charge in [-0.25, -0.2) is 8.42 Å². The minimum Gasteiger partial charge on any atom is -0.480 e. The van der Waals surface area contributed by atoms with Crippen LogP contribution in [0.2, 0.25) is 5.02 Å². The fourth-order valence-electron chi connectivity index (χ4n) is 4.15. The molecule has 0 bridgehead atoms. The smallest absolute Gasteiger partial charge is 0.325 e. The minimum atomic E-state index is -4.05.